The van der Waals surface area contributed by atoms with Crippen molar-refractivity contribution in [1.29, 1.82) is 0 Å². The number of carboxylic acid groups (broad SMARTS) is 2. The Balaban J connectivity index is 2.39. The number of carbonyl (C=O) groups excluding carboxylic acids is 8. The number of carbonyl (C=O) groups is 10. The van der Waals surface area contributed by atoms with Crippen LogP contribution < -0.4 is 54.0 Å². The van der Waals surface area contributed by atoms with E-state index in [1.807, 2.05) is 0 Å². The highest BCUT2D eigenvalue weighted by atomic mass is 32.1. The molecule has 0 saturated heterocycles. The predicted molar refractivity (Wildman–Crippen MR) is 296 cm³/mol. The molecule has 0 aromatic heterocycles. The minimum absolute atomic E-state index is 0.00742. The molecular weight excluding hydrogens is 1050 g/mol. The van der Waals surface area contributed by atoms with Crippen LogP contribution >= 0.6 is 25.3 Å². The maximum Gasteiger partial charge on any atom is 0.326 e. The Hall–Kier alpha value is -6.64. The number of nitrogens with one attached hydrogen (secondary N) is 8. The Kier molecular flexibility index (Phi) is 29.7. The first-order chi connectivity index (χ1) is 36.7. The van der Waals surface area contributed by atoms with Crippen molar-refractivity contribution in [2.75, 3.05) is 18.1 Å². The number of phenolic OH excluding ortho intramolecular Hbond substituents is 2. The molecule has 26 heteroatoms. The summed E-state index contributed by atoms with van der Waals surface area (Å²) in [4.78, 5) is 135. The van der Waals surface area contributed by atoms with Crippen LogP contribution in [0.1, 0.15) is 97.6 Å². The van der Waals surface area contributed by atoms with E-state index in [2.05, 4.69) is 67.8 Å². The fraction of sp³-hybridized carbons (Fsp3) is 0.577. The van der Waals surface area contributed by atoms with Gasteiger partial charge in [-0.3, -0.25) is 43.2 Å². The quantitative estimate of drug-likeness (QED) is 0.0313. The summed E-state index contributed by atoms with van der Waals surface area (Å²) in [5, 5.41) is 59.6. The van der Waals surface area contributed by atoms with Gasteiger partial charge >= 0.3 is 11.9 Å². The Bertz CT molecular complexity index is 2330. The van der Waals surface area contributed by atoms with Gasteiger partial charge < -0.3 is 74.4 Å². The lowest BCUT2D eigenvalue weighted by Crippen LogP contribution is -2.61. The van der Waals surface area contributed by atoms with Gasteiger partial charge in [-0.2, -0.15) is 25.3 Å². The molecule has 0 saturated carbocycles. The maximum absolute atomic E-state index is 14.2. The number of amides is 8. The summed E-state index contributed by atoms with van der Waals surface area (Å²) in [6.45, 7) is 10.4. The van der Waals surface area contributed by atoms with Gasteiger partial charge in [0.25, 0.3) is 0 Å². The molecule has 10 atom stereocenters. The lowest BCUT2D eigenvalue weighted by atomic mass is 9.97. The van der Waals surface area contributed by atoms with Crippen molar-refractivity contribution >= 4 is 84.5 Å². The van der Waals surface area contributed by atoms with Crippen LogP contribution in [-0.4, -0.2) is 152 Å². The van der Waals surface area contributed by atoms with Crippen LogP contribution in [0.4, 0.5) is 0 Å². The second-order valence-corrected chi connectivity index (χ2v) is 20.6. The van der Waals surface area contributed by atoms with Gasteiger partial charge in [-0.1, -0.05) is 78.6 Å². The summed E-state index contributed by atoms with van der Waals surface area (Å²) < 4.78 is 0. The number of carboxylic acids is 2. The van der Waals surface area contributed by atoms with E-state index in [-0.39, 0.29) is 48.2 Å². The summed E-state index contributed by atoms with van der Waals surface area (Å²) in [7, 11) is 0. The van der Waals surface area contributed by atoms with Gasteiger partial charge in [-0.05, 0) is 85.4 Å². The van der Waals surface area contributed by atoms with Gasteiger partial charge in [0.2, 0.25) is 47.3 Å². The predicted octanol–water partition coefficient (Wildman–Crippen LogP) is -0.225. The number of aliphatic carboxylic acids is 2. The SMILES string of the molecule is CC[C@H](C)[C@H](NC(=O)[C@H](Cc1ccc(O)cc1)NC(=O)[C@@H](NC(=O)[C@@H](CCC(=O)O)NC(=O)[C@H](CS)NC(=O)[C@H](CC(C)C)NC(=O)[C@H](Cc1ccc(O)cc1)NC(=O)[C@H](CS)NC(=O)[C@@H](N)CCCCN)C(C)C)C(=O)O. The summed E-state index contributed by atoms with van der Waals surface area (Å²) in [6.07, 6.45) is 0.467. The zero-order valence-electron chi connectivity index (χ0n) is 45.0. The van der Waals surface area contributed by atoms with Crippen LogP contribution in [-0.2, 0) is 60.8 Å². The topological polar surface area (TPSA) is 400 Å². The number of nitrogens with two attached hydrogens (primary N) is 2. The normalized spacial score (nSPS) is 15.1. The van der Waals surface area contributed by atoms with Gasteiger partial charge in [-0.15, -0.1) is 0 Å². The standard InChI is InChI=1S/C52H80N10O14S2/c1-7-29(6)43(52(75)76)62-48(71)38(24-31-13-17-33(64)18-14-31)58-51(74)42(28(4)5)61-45(68)35(19-20-41(65)66)55-49(72)40(26-78)60-46(69)36(22-27(2)3)56-47(70)37(23-30-11-15-32(63)16-12-30)57-50(73)39(25-77)59-44(67)34(54)10-8-9-21-53/h11-18,27-29,34-40,42-43,63-64,77-78H,7-10,19-26,53-54H2,1-6H3,(H,55,72)(H,56,70)(H,57,73)(H,58,74)(H,59,67)(H,60,69)(H,61,68)(H,62,71)(H,65,66)(H,75,76)/t29-,34-,35+,36-,37-,38-,39-,40-,42-,43-/m0/s1. The Morgan fingerprint density at radius 2 is 0.910 bits per heavy atom. The number of aromatic hydroxyl groups is 2. The molecule has 8 amide bonds. The average Bonchev–Trinajstić information content (AvgIpc) is 3.38. The molecule has 434 valence electrons. The van der Waals surface area contributed by atoms with E-state index in [0.29, 0.717) is 43.4 Å². The third-order valence-electron chi connectivity index (χ3n) is 12.6. The summed E-state index contributed by atoms with van der Waals surface area (Å²) in [5.74, 6) is -11.7. The van der Waals surface area contributed by atoms with Gasteiger partial charge in [0.15, 0.2) is 0 Å². The first kappa shape index (κ1) is 67.5. The molecule has 0 unspecified atom stereocenters. The van der Waals surface area contributed by atoms with Crippen LogP contribution in [0.2, 0.25) is 0 Å². The van der Waals surface area contributed by atoms with Crippen molar-refractivity contribution in [3.63, 3.8) is 0 Å². The van der Waals surface area contributed by atoms with Crippen LogP contribution in [0, 0.1) is 17.8 Å². The molecule has 2 aromatic carbocycles. The lowest BCUT2D eigenvalue weighted by molar-refractivity contribution is -0.144. The number of thiol groups is 2. The van der Waals surface area contributed by atoms with Crippen LogP contribution in [0.3, 0.4) is 0 Å². The van der Waals surface area contributed by atoms with Crippen molar-refractivity contribution in [3.8, 4) is 11.5 Å². The molecule has 0 bridgehead atoms. The smallest absolute Gasteiger partial charge is 0.326 e. The average molecular weight is 1130 g/mol. The minimum Gasteiger partial charge on any atom is -0.508 e. The van der Waals surface area contributed by atoms with E-state index in [9.17, 15) is 68.4 Å². The van der Waals surface area contributed by atoms with Gasteiger partial charge in [0.05, 0.1) is 6.04 Å². The molecule has 0 fully saturated rings. The third kappa shape index (κ3) is 23.5. The molecular formula is C52H80N10O14S2. The maximum atomic E-state index is 14.2. The summed E-state index contributed by atoms with van der Waals surface area (Å²) in [6, 6.07) is -0.677. The highest BCUT2D eigenvalue weighted by Crippen LogP contribution is 2.16. The van der Waals surface area contributed by atoms with Gasteiger partial charge in [-0.25, -0.2) is 4.79 Å². The van der Waals surface area contributed by atoms with Crippen molar-refractivity contribution in [1.82, 2.24) is 42.5 Å². The fourth-order valence-electron chi connectivity index (χ4n) is 7.78. The van der Waals surface area contributed by atoms with E-state index >= 15 is 0 Å². The zero-order chi connectivity index (χ0) is 58.8. The first-order valence-corrected chi connectivity index (χ1v) is 27.1. The number of hydrogen-bond acceptors (Lipinski definition) is 16. The number of benzene rings is 2. The van der Waals surface area contributed by atoms with E-state index in [0.717, 1.165) is 0 Å². The van der Waals surface area contributed by atoms with E-state index in [4.69, 9.17) is 11.5 Å². The Morgan fingerprint density at radius 1 is 0.513 bits per heavy atom. The van der Waals surface area contributed by atoms with E-state index in [1.165, 1.54) is 48.5 Å². The minimum atomic E-state index is -1.63. The largest absolute Gasteiger partial charge is 0.508 e. The molecule has 0 aliphatic carbocycles. The van der Waals surface area contributed by atoms with Gasteiger partial charge in [0.1, 0.15) is 59.8 Å². The van der Waals surface area contributed by atoms with E-state index in [1.54, 1.807) is 41.5 Å². The van der Waals surface area contributed by atoms with E-state index < -0.39 is 138 Å². The number of phenols is 2. The number of rotatable bonds is 35. The molecule has 0 aliphatic heterocycles. The summed E-state index contributed by atoms with van der Waals surface area (Å²) in [5.41, 5.74) is 12.5. The Morgan fingerprint density at radius 3 is 1.35 bits per heavy atom. The Labute approximate surface area is 465 Å². The van der Waals surface area contributed by atoms with Crippen molar-refractivity contribution < 1.29 is 68.4 Å². The van der Waals surface area contributed by atoms with Crippen molar-refractivity contribution in [2.45, 2.75) is 154 Å². The molecule has 16 N–H and O–H groups in total. The number of hydrogen-bond donors (Lipinski definition) is 16. The van der Waals surface area contributed by atoms with Crippen LogP contribution in [0.15, 0.2) is 48.5 Å². The fourth-order valence-corrected chi connectivity index (χ4v) is 8.29. The second-order valence-electron chi connectivity index (χ2n) is 19.9. The molecule has 0 heterocycles. The van der Waals surface area contributed by atoms with Gasteiger partial charge in [0, 0.05) is 30.8 Å². The van der Waals surface area contributed by atoms with Crippen LogP contribution in [0.5, 0.6) is 11.5 Å². The monoisotopic (exact) mass is 1130 g/mol. The molecule has 78 heavy (non-hydrogen) atoms. The zero-order valence-corrected chi connectivity index (χ0v) is 46.7. The second kappa shape index (κ2) is 34.3. The molecule has 0 radical (unpaired) electrons. The lowest BCUT2D eigenvalue weighted by Gasteiger charge is -2.29. The third-order valence-corrected chi connectivity index (χ3v) is 13.3. The molecule has 0 aliphatic rings. The van der Waals surface area contributed by atoms with Crippen molar-refractivity contribution in [3.05, 3.63) is 59.7 Å². The molecule has 2 aromatic rings. The molecule has 24 nitrogen and oxygen atoms in total. The molecule has 2 rings (SSSR count). The summed E-state index contributed by atoms with van der Waals surface area (Å²) >= 11 is 8.49. The molecule has 0 spiro atoms. The highest BCUT2D eigenvalue weighted by molar-refractivity contribution is 7.80. The van der Waals surface area contributed by atoms with Crippen molar-refractivity contribution in [2.24, 2.45) is 29.2 Å². The van der Waals surface area contributed by atoms with Crippen LogP contribution in [0.25, 0.3) is 0 Å². The first-order valence-electron chi connectivity index (χ1n) is 25.9. The number of unbranched alkanes of at least 4 members (excludes halogenated alkanes) is 1. The highest BCUT2D eigenvalue weighted by Gasteiger charge is 2.36.